The second kappa shape index (κ2) is 5.33. The van der Waals surface area contributed by atoms with Crippen LogP contribution in [-0.4, -0.2) is 72.2 Å². The Morgan fingerprint density at radius 2 is 2.18 bits per heavy atom. The Hall–Kier alpha value is -0.650. The van der Waals surface area contributed by atoms with Crippen LogP contribution in [-0.2, 0) is 4.79 Å². The van der Waals surface area contributed by atoms with E-state index in [0.29, 0.717) is 18.6 Å². The van der Waals surface area contributed by atoms with E-state index in [1.165, 1.54) is 0 Å². The predicted molar refractivity (Wildman–Crippen MR) is 66.1 cm³/mol. The maximum Gasteiger partial charge on any atom is 0.322 e. The van der Waals surface area contributed by atoms with Gasteiger partial charge in [0.15, 0.2) is 0 Å². The van der Waals surface area contributed by atoms with Crippen molar-refractivity contribution in [2.75, 3.05) is 33.2 Å². The molecule has 0 spiro atoms. The zero-order valence-electron chi connectivity index (χ0n) is 10.7. The predicted octanol–water partition coefficient (Wildman–Crippen LogP) is -0.172. The van der Waals surface area contributed by atoms with Gasteiger partial charge in [-0.15, -0.1) is 0 Å². The Morgan fingerprint density at radius 3 is 2.71 bits per heavy atom. The summed E-state index contributed by atoms with van der Waals surface area (Å²) in [7, 11) is 2.12. The van der Waals surface area contributed by atoms with Crippen LogP contribution in [0.5, 0.6) is 0 Å². The van der Waals surface area contributed by atoms with Crippen LogP contribution < -0.4 is 5.32 Å². The lowest BCUT2D eigenvalue weighted by atomic mass is 10.1. The minimum Gasteiger partial charge on any atom is -0.480 e. The highest BCUT2D eigenvalue weighted by atomic mass is 16.4. The van der Waals surface area contributed by atoms with Crippen molar-refractivity contribution in [1.29, 1.82) is 0 Å². The Kier molecular flexibility index (Phi) is 4.01. The number of carboxylic acid groups (broad SMARTS) is 1. The van der Waals surface area contributed by atoms with Crippen LogP contribution in [0.25, 0.3) is 0 Å². The van der Waals surface area contributed by atoms with E-state index >= 15 is 0 Å². The van der Waals surface area contributed by atoms with Gasteiger partial charge in [-0.05, 0) is 26.8 Å². The van der Waals surface area contributed by atoms with E-state index in [9.17, 15) is 9.90 Å². The molecule has 5 nitrogen and oxygen atoms in total. The van der Waals surface area contributed by atoms with Crippen molar-refractivity contribution in [2.24, 2.45) is 0 Å². The van der Waals surface area contributed by atoms with Gasteiger partial charge in [0.2, 0.25) is 0 Å². The lowest BCUT2D eigenvalue weighted by molar-refractivity contribution is -0.140. The number of hydrogen-bond donors (Lipinski definition) is 2. The molecule has 1 aliphatic heterocycles. The molecule has 0 aromatic carbocycles. The third-order valence-electron chi connectivity index (χ3n) is 3.70. The Bertz CT molecular complexity index is 281. The van der Waals surface area contributed by atoms with Gasteiger partial charge in [0.25, 0.3) is 0 Å². The summed E-state index contributed by atoms with van der Waals surface area (Å²) in [5.74, 6) is -0.719. The molecule has 17 heavy (non-hydrogen) atoms. The summed E-state index contributed by atoms with van der Waals surface area (Å²) in [4.78, 5) is 15.8. The molecule has 2 fully saturated rings. The topological polar surface area (TPSA) is 55.8 Å². The number of nitrogens with one attached hydrogen (secondary N) is 1. The van der Waals surface area contributed by atoms with Gasteiger partial charge in [0, 0.05) is 38.3 Å². The lowest BCUT2D eigenvalue weighted by Gasteiger charge is -2.39. The average molecular weight is 241 g/mol. The molecule has 1 saturated heterocycles. The van der Waals surface area contributed by atoms with E-state index in [0.717, 1.165) is 32.5 Å². The Labute approximate surface area is 103 Å². The first-order valence-electron chi connectivity index (χ1n) is 6.47. The SMILES string of the molecule is CC1CN(C)CCN1CC(NC1CC1)C(=O)O. The zero-order valence-corrected chi connectivity index (χ0v) is 10.7. The van der Waals surface area contributed by atoms with Gasteiger partial charge in [0.05, 0.1) is 0 Å². The van der Waals surface area contributed by atoms with E-state index in [2.05, 4.69) is 29.1 Å². The highest BCUT2D eigenvalue weighted by molar-refractivity contribution is 5.73. The number of aliphatic carboxylic acids is 1. The van der Waals surface area contributed by atoms with E-state index in [4.69, 9.17) is 0 Å². The van der Waals surface area contributed by atoms with E-state index < -0.39 is 12.0 Å². The highest BCUT2D eigenvalue weighted by Gasteiger charge is 2.31. The molecular weight excluding hydrogens is 218 g/mol. The third kappa shape index (κ3) is 3.66. The smallest absolute Gasteiger partial charge is 0.322 e. The summed E-state index contributed by atoms with van der Waals surface area (Å²) in [6.07, 6.45) is 2.25. The summed E-state index contributed by atoms with van der Waals surface area (Å²) in [5.41, 5.74) is 0. The van der Waals surface area contributed by atoms with E-state index in [-0.39, 0.29) is 0 Å². The standard InChI is InChI=1S/C12H23N3O2/c1-9-7-14(2)5-6-15(9)8-11(12(16)17)13-10-3-4-10/h9-11,13H,3-8H2,1-2H3,(H,16,17). The Balaban J connectivity index is 1.85. The van der Waals surface area contributed by atoms with Crippen molar-refractivity contribution >= 4 is 5.97 Å². The van der Waals surface area contributed by atoms with Crippen molar-refractivity contribution in [3.63, 3.8) is 0 Å². The normalized spacial score (nSPS) is 29.2. The highest BCUT2D eigenvalue weighted by Crippen LogP contribution is 2.20. The number of likely N-dealkylation sites (N-methyl/N-ethyl adjacent to an activating group) is 1. The number of piperazine rings is 1. The monoisotopic (exact) mass is 241 g/mol. The number of hydrogen-bond acceptors (Lipinski definition) is 4. The number of nitrogens with zero attached hydrogens (tertiary/aromatic N) is 2. The largest absolute Gasteiger partial charge is 0.480 e. The fourth-order valence-corrected chi connectivity index (χ4v) is 2.42. The first-order chi connectivity index (χ1) is 8.06. The lowest BCUT2D eigenvalue weighted by Crippen LogP contribution is -2.56. The molecule has 0 amide bonds. The van der Waals surface area contributed by atoms with Crippen molar-refractivity contribution in [1.82, 2.24) is 15.1 Å². The molecule has 0 radical (unpaired) electrons. The van der Waals surface area contributed by atoms with Crippen molar-refractivity contribution < 1.29 is 9.90 Å². The first kappa shape index (κ1) is 12.8. The minimum atomic E-state index is -0.719. The number of rotatable bonds is 5. The van der Waals surface area contributed by atoms with Crippen molar-refractivity contribution in [3.8, 4) is 0 Å². The van der Waals surface area contributed by atoms with Gasteiger partial charge in [-0.3, -0.25) is 9.69 Å². The van der Waals surface area contributed by atoms with Crippen molar-refractivity contribution in [3.05, 3.63) is 0 Å². The molecule has 98 valence electrons. The van der Waals surface area contributed by atoms with E-state index in [1.54, 1.807) is 0 Å². The quantitative estimate of drug-likeness (QED) is 0.700. The molecule has 0 aromatic rings. The van der Waals surface area contributed by atoms with Gasteiger partial charge >= 0.3 is 5.97 Å². The molecule has 2 atom stereocenters. The molecule has 1 aliphatic carbocycles. The average Bonchev–Trinajstić information content (AvgIpc) is 3.04. The molecule has 2 N–H and O–H groups in total. The molecule has 1 saturated carbocycles. The molecule has 5 heteroatoms. The maximum absolute atomic E-state index is 11.2. The fraction of sp³-hybridized carbons (Fsp3) is 0.917. The van der Waals surface area contributed by atoms with Crippen LogP contribution in [0.4, 0.5) is 0 Å². The summed E-state index contributed by atoms with van der Waals surface area (Å²) >= 11 is 0. The first-order valence-corrected chi connectivity index (χ1v) is 6.47. The number of carbonyl (C=O) groups is 1. The molecule has 0 aromatic heterocycles. The van der Waals surface area contributed by atoms with Gasteiger partial charge in [-0.2, -0.15) is 0 Å². The summed E-state index contributed by atoms with van der Waals surface area (Å²) in [6, 6.07) is 0.476. The number of carboxylic acids is 1. The molecule has 2 aliphatic rings. The second-order valence-electron chi connectivity index (χ2n) is 5.44. The summed E-state index contributed by atoms with van der Waals surface area (Å²) < 4.78 is 0. The van der Waals surface area contributed by atoms with Crippen LogP contribution in [0.2, 0.25) is 0 Å². The van der Waals surface area contributed by atoms with Crippen LogP contribution in [0.3, 0.4) is 0 Å². The molecule has 1 heterocycles. The Morgan fingerprint density at radius 1 is 1.47 bits per heavy atom. The molecule has 0 bridgehead atoms. The van der Waals surface area contributed by atoms with Crippen LogP contribution in [0.15, 0.2) is 0 Å². The summed E-state index contributed by atoms with van der Waals surface area (Å²) in [6.45, 7) is 5.82. The van der Waals surface area contributed by atoms with Crippen LogP contribution >= 0.6 is 0 Å². The molecule has 2 rings (SSSR count). The maximum atomic E-state index is 11.2. The van der Waals surface area contributed by atoms with Gasteiger partial charge in [-0.25, -0.2) is 0 Å². The van der Waals surface area contributed by atoms with Gasteiger partial charge < -0.3 is 15.3 Å². The second-order valence-corrected chi connectivity index (χ2v) is 5.44. The van der Waals surface area contributed by atoms with Crippen LogP contribution in [0.1, 0.15) is 19.8 Å². The molecular formula is C12H23N3O2. The van der Waals surface area contributed by atoms with Gasteiger partial charge in [-0.1, -0.05) is 0 Å². The minimum absolute atomic E-state index is 0.409. The molecule has 2 unspecified atom stereocenters. The zero-order chi connectivity index (χ0) is 12.4. The van der Waals surface area contributed by atoms with Crippen molar-refractivity contribution in [2.45, 2.75) is 37.9 Å². The van der Waals surface area contributed by atoms with Crippen LogP contribution in [0, 0.1) is 0 Å². The van der Waals surface area contributed by atoms with Gasteiger partial charge in [0.1, 0.15) is 6.04 Å². The fourth-order valence-electron chi connectivity index (χ4n) is 2.42. The van der Waals surface area contributed by atoms with E-state index in [1.807, 2.05) is 0 Å². The third-order valence-corrected chi connectivity index (χ3v) is 3.70. The summed E-state index contributed by atoms with van der Waals surface area (Å²) in [5, 5.41) is 12.4.